The van der Waals surface area contributed by atoms with Crippen molar-refractivity contribution in [3.63, 3.8) is 0 Å². The molecule has 2 N–H and O–H groups in total. The van der Waals surface area contributed by atoms with Crippen molar-refractivity contribution in [2.75, 3.05) is 5.32 Å². The molecule has 0 bridgehead atoms. The van der Waals surface area contributed by atoms with Gasteiger partial charge in [-0.3, -0.25) is 20.2 Å². The van der Waals surface area contributed by atoms with Crippen molar-refractivity contribution >= 4 is 17.5 Å². The number of aromatic amines is 1. The summed E-state index contributed by atoms with van der Waals surface area (Å²) in [5, 5.41) is 19.6. The van der Waals surface area contributed by atoms with E-state index in [-0.39, 0.29) is 17.0 Å². The largest absolute Gasteiger partial charge is 0.417 e. The number of anilines is 1. The normalized spacial score (nSPS) is 10.2. The predicted molar refractivity (Wildman–Crippen MR) is 93.0 cm³/mol. The van der Waals surface area contributed by atoms with E-state index in [0.29, 0.717) is 11.4 Å². The van der Waals surface area contributed by atoms with Crippen molar-refractivity contribution < 1.29 is 14.5 Å². The van der Waals surface area contributed by atoms with Crippen LogP contribution in [-0.2, 0) is 0 Å². The maximum atomic E-state index is 11.9. The summed E-state index contributed by atoms with van der Waals surface area (Å²) in [5.41, 5.74) is 1.13. The molecule has 0 aliphatic rings. The molecule has 0 saturated heterocycles. The van der Waals surface area contributed by atoms with E-state index >= 15 is 0 Å². The molecular weight excluding hydrogens is 340 g/mol. The summed E-state index contributed by atoms with van der Waals surface area (Å²) in [5.74, 6) is -0.149. The number of H-pyrrole nitrogens is 1. The van der Waals surface area contributed by atoms with Gasteiger partial charge in [0, 0.05) is 23.4 Å². The highest BCUT2D eigenvalue weighted by molar-refractivity contribution is 5.87. The topological polar surface area (TPSA) is 127 Å². The Morgan fingerprint density at radius 3 is 2.46 bits per heavy atom. The first-order valence-corrected chi connectivity index (χ1v) is 7.41. The molecule has 0 unspecified atom stereocenters. The zero-order valence-electron chi connectivity index (χ0n) is 13.2. The molecule has 3 aromatic rings. The summed E-state index contributed by atoms with van der Waals surface area (Å²) in [4.78, 5) is 33.3. The molecule has 0 atom stereocenters. The summed E-state index contributed by atoms with van der Waals surface area (Å²) in [6.07, 6.45) is -0.853. The minimum Gasteiger partial charge on any atom is -0.403 e. The van der Waals surface area contributed by atoms with Crippen LogP contribution in [0.4, 0.5) is 16.2 Å². The summed E-state index contributed by atoms with van der Waals surface area (Å²) in [7, 11) is 0. The van der Waals surface area contributed by atoms with E-state index in [1.165, 1.54) is 30.3 Å². The van der Waals surface area contributed by atoms with E-state index in [1.54, 1.807) is 30.3 Å². The number of hydrogen-bond acceptors (Lipinski definition) is 6. The molecule has 0 aliphatic carbocycles. The van der Waals surface area contributed by atoms with E-state index in [4.69, 9.17) is 4.74 Å². The number of carbonyl (C=O) groups excluding carboxylic acids is 1. The summed E-state index contributed by atoms with van der Waals surface area (Å²) in [6, 6.07) is 15.1. The molecule has 2 aromatic carbocycles. The lowest BCUT2D eigenvalue weighted by molar-refractivity contribution is -0.385. The lowest BCUT2D eigenvalue weighted by atomic mass is 10.1. The number of rotatable bonds is 4. The molecular formula is C17H12N4O5. The van der Waals surface area contributed by atoms with Crippen LogP contribution in [0.1, 0.15) is 0 Å². The molecule has 0 radical (unpaired) electrons. The van der Waals surface area contributed by atoms with Crippen LogP contribution < -0.4 is 15.6 Å². The Morgan fingerprint density at radius 2 is 1.81 bits per heavy atom. The second-order valence-electron chi connectivity index (χ2n) is 5.12. The number of nitro benzene ring substituents is 1. The third-order valence-electron chi connectivity index (χ3n) is 3.37. The first-order chi connectivity index (χ1) is 12.5. The van der Waals surface area contributed by atoms with Crippen molar-refractivity contribution in [3.05, 3.63) is 81.1 Å². The van der Waals surface area contributed by atoms with Gasteiger partial charge in [-0.15, -0.1) is 0 Å². The van der Waals surface area contributed by atoms with Crippen molar-refractivity contribution in [1.29, 1.82) is 0 Å². The number of nitro groups is 1. The quantitative estimate of drug-likeness (QED) is 0.549. The Kier molecular flexibility index (Phi) is 4.70. The van der Waals surface area contributed by atoms with Crippen LogP contribution >= 0.6 is 0 Å². The van der Waals surface area contributed by atoms with Gasteiger partial charge in [0.2, 0.25) is 5.75 Å². The first-order valence-electron chi connectivity index (χ1n) is 7.41. The zero-order chi connectivity index (χ0) is 18.5. The van der Waals surface area contributed by atoms with Gasteiger partial charge in [-0.2, -0.15) is 5.10 Å². The fourth-order valence-electron chi connectivity index (χ4n) is 2.17. The predicted octanol–water partition coefficient (Wildman–Crippen LogP) is 2.96. The van der Waals surface area contributed by atoms with Crippen molar-refractivity contribution in [1.82, 2.24) is 10.2 Å². The second-order valence-corrected chi connectivity index (χ2v) is 5.12. The van der Waals surface area contributed by atoms with Gasteiger partial charge in [0.05, 0.1) is 10.6 Å². The molecule has 1 amide bonds. The third-order valence-corrected chi connectivity index (χ3v) is 3.37. The number of aromatic nitrogens is 2. The number of nitrogens with one attached hydrogen (secondary N) is 2. The highest BCUT2D eigenvalue weighted by Crippen LogP contribution is 2.26. The number of amides is 1. The lowest BCUT2D eigenvalue weighted by Gasteiger charge is -2.07. The molecule has 3 rings (SSSR count). The molecule has 0 fully saturated rings. The molecule has 9 heteroatoms. The van der Waals surface area contributed by atoms with E-state index in [9.17, 15) is 19.7 Å². The van der Waals surface area contributed by atoms with Crippen molar-refractivity contribution in [2.24, 2.45) is 0 Å². The van der Waals surface area contributed by atoms with Crippen LogP contribution in [0.15, 0.2) is 65.5 Å². The SMILES string of the molecule is O=C(Nc1ccc(-c2ccc(=O)[nH]n2)cc1)Oc1ccccc1[N+](=O)[O-]. The minimum atomic E-state index is -0.853. The van der Waals surface area contributed by atoms with Gasteiger partial charge < -0.3 is 4.74 Å². The molecule has 26 heavy (non-hydrogen) atoms. The maximum absolute atomic E-state index is 11.9. The zero-order valence-corrected chi connectivity index (χ0v) is 13.2. The third kappa shape index (κ3) is 3.90. The first kappa shape index (κ1) is 16.8. The molecule has 9 nitrogen and oxygen atoms in total. The van der Waals surface area contributed by atoms with E-state index in [0.717, 1.165) is 5.56 Å². The number of hydrogen-bond donors (Lipinski definition) is 2. The number of benzene rings is 2. The maximum Gasteiger partial charge on any atom is 0.417 e. The van der Waals surface area contributed by atoms with Crippen LogP contribution in [0.3, 0.4) is 0 Å². The Bertz CT molecular complexity index is 994. The monoisotopic (exact) mass is 352 g/mol. The molecule has 0 saturated carbocycles. The molecule has 0 spiro atoms. The summed E-state index contributed by atoms with van der Waals surface area (Å²) >= 11 is 0. The molecule has 0 aliphatic heterocycles. The second kappa shape index (κ2) is 7.26. The lowest BCUT2D eigenvalue weighted by Crippen LogP contribution is -2.17. The summed E-state index contributed by atoms with van der Waals surface area (Å²) in [6.45, 7) is 0. The molecule has 1 aromatic heterocycles. The van der Waals surface area contributed by atoms with Gasteiger partial charge in [0.25, 0.3) is 5.56 Å². The molecule has 130 valence electrons. The van der Waals surface area contributed by atoms with Crippen LogP contribution in [0.2, 0.25) is 0 Å². The van der Waals surface area contributed by atoms with Gasteiger partial charge in [0.15, 0.2) is 0 Å². The van der Waals surface area contributed by atoms with E-state index < -0.39 is 11.0 Å². The van der Waals surface area contributed by atoms with Gasteiger partial charge in [-0.05, 0) is 24.3 Å². The van der Waals surface area contributed by atoms with Crippen LogP contribution in [0.5, 0.6) is 5.75 Å². The van der Waals surface area contributed by atoms with Gasteiger partial charge in [-0.25, -0.2) is 9.89 Å². The van der Waals surface area contributed by atoms with Crippen LogP contribution in [0.25, 0.3) is 11.3 Å². The van der Waals surface area contributed by atoms with Gasteiger partial charge >= 0.3 is 11.8 Å². The number of carbonyl (C=O) groups is 1. The Hall–Kier alpha value is -4.01. The Labute approximate surface area is 146 Å². The average Bonchev–Trinajstić information content (AvgIpc) is 2.63. The van der Waals surface area contributed by atoms with E-state index in [2.05, 4.69) is 15.5 Å². The molecule has 1 heterocycles. The van der Waals surface area contributed by atoms with Crippen LogP contribution in [0, 0.1) is 10.1 Å². The van der Waals surface area contributed by atoms with Gasteiger partial charge in [-0.1, -0.05) is 24.3 Å². The van der Waals surface area contributed by atoms with Crippen LogP contribution in [-0.4, -0.2) is 21.2 Å². The van der Waals surface area contributed by atoms with Crippen molar-refractivity contribution in [3.8, 4) is 17.0 Å². The number of ether oxygens (including phenoxy) is 1. The highest BCUT2D eigenvalue weighted by atomic mass is 16.6. The Balaban J connectivity index is 1.69. The van der Waals surface area contributed by atoms with E-state index in [1.807, 2.05) is 0 Å². The Morgan fingerprint density at radius 1 is 1.08 bits per heavy atom. The fourth-order valence-corrected chi connectivity index (χ4v) is 2.17. The van der Waals surface area contributed by atoms with Crippen molar-refractivity contribution in [2.45, 2.75) is 0 Å². The summed E-state index contributed by atoms with van der Waals surface area (Å²) < 4.78 is 5.00. The standard InChI is InChI=1S/C17H12N4O5/c22-16-10-9-13(19-20-16)11-5-7-12(8-6-11)18-17(23)26-15-4-2-1-3-14(15)21(24)25/h1-10H,(H,18,23)(H,20,22). The highest BCUT2D eigenvalue weighted by Gasteiger charge is 2.17. The fraction of sp³-hybridized carbons (Fsp3) is 0. The average molecular weight is 352 g/mol. The van der Waals surface area contributed by atoms with Gasteiger partial charge in [0.1, 0.15) is 0 Å². The minimum absolute atomic E-state index is 0.149. The smallest absolute Gasteiger partial charge is 0.403 e. The number of nitrogens with zero attached hydrogens (tertiary/aromatic N) is 2. The number of para-hydroxylation sites is 2.